The number of hydrogen-bond acceptors (Lipinski definition) is 9. The summed E-state index contributed by atoms with van der Waals surface area (Å²) in [6.45, 7) is 1.32. The summed E-state index contributed by atoms with van der Waals surface area (Å²) in [6, 6.07) is -0.989. The highest BCUT2D eigenvalue weighted by molar-refractivity contribution is 9.10. The molecule has 2 amide bonds. The van der Waals surface area contributed by atoms with Gasteiger partial charge in [0, 0.05) is 17.4 Å². The van der Waals surface area contributed by atoms with Crippen molar-refractivity contribution in [1.29, 1.82) is 0 Å². The molecule has 4 heterocycles. The van der Waals surface area contributed by atoms with Crippen LogP contribution < -0.4 is 5.32 Å². The fourth-order valence-corrected chi connectivity index (χ4v) is 8.27. The largest absolute Gasteiger partial charge is 0.477 e. The van der Waals surface area contributed by atoms with Crippen LogP contribution in [0.4, 0.5) is 13.2 Å². The molecule has 1 aliphatic carbocycles. The summed E-state index contributed by atoms with van der Waals surface area (Å²) in [4.78, 5) is 38.8. The van der Waals surface area contributed by atoms with E-state index in [0.29, 0.717) is 40.0 Å². The van der Waals surface area contributed by atoms with E-state index < -0.39 is 47.6 Å². The molecule has 2 aliphatic heterocycles. The lowest BCUT2D eigenvalue weighted by Crippen LogP contribution is -2.70. The van der Waals surface area contributed by atoms with E-state index in [1.165, 1.54) is 34.9 Å². The van der Waals surface area contributed by atoms with E-state index in [1.54, 1.807) is 0 Å². The van der Waals surface area contributed by atoms with Crippen molar-refractivity contribution >= 4 is 68.6 Å². The number of halogens is 4. The van der Waals surface area contributed by atoms with Crippen LogP contribution in [0.3, 0.4) is 0 Å². The molecule has 0 bridgehead atoms. The number of fused-ring (bicyclic) bond motifs is 1. The van der Waals surface area contributed by atoms with Gasteiger partial charge < -0.3 is 10.4 Å². The molecule has 17 heteroatoms. The van der Waals surface area contributed by atoms with Crippen molar-refractivity contribution in [3.63, 3.8) is 0 Å². The highest BCUT2D eigenvalue weighted by Crippen LogP contribution is 2.47. The van der Waals surface area contributed by atoms with Crippen LogP contribution >= 0.6 is 50.8 Å². The van der Waals surface area contributed by atoms with E-state index in [0.717, 1.165) is 14.6 Å². The summed E-state index contributed by atoms with van der Waals surface area (Å²) in [6.07, 6.45) is -3.29. The maximum absolute atomic E-state index is 13.3. The minimum Gasteiger partial charge on any atom is -0.477 e. The Morgan fingerprint density at radius 3 is 2.62 bits per heavy atom. The molecule has 1 saturated heterocycles. The number of β-lactam (4-membered cyclic amide) rings is 1. The fraction of sp³-hybridized carbons (Fsp3) is 0.500. The number of nitrogens with one attached hydrogen (secondary N) is 1. The number of carbonyl (C=O) groups excluding carboxylic acids is 2. The van der Waals surface area contributed by atoms with Gasteiger partial charge in [0.25, 0.3) is 5.91 Å². The highest BCUT2D eigenvalue weighted by Gasteiger charge is 2.54. The highest BCUT2D eigenvalue weighted by atomic mass is 79.9. The summed E-state index contributed by atoms with van der Waals surface area (Å²) in [5.41, 5.74) is -0.351. The molecule has 3 aliphatic rings. The van der Waals surface area contributed by atoms with Crippen LogP contribution in [-0.4, -0.2) is 70.7 Å². The fourth-order valence-electron chi connectivity index (χ4n) is 4.14. The number of rotatable bonds is 8. The monoisotopic (exact) mass is 638 g/mol. The first-order valence-electron chi connectivity index (χ1n) is 10.9. The van der Waals surface area contributed by atoms with Crippen molar-refractivity contribution in [2.45, 2.75) is 54.2 Å². The lowest BCUT2D eigenvalue weighted by Gasteiger charge is -2.49. The Morgan fingerprint density at radius 2 is 2.03 bits per heavy atom. The summed E-state index contributed by atoms with van der Waals surface area (Å²) in [5.74, 6) is -1.99. The molecule has 0 aromatic carbocycles. The van der Waals surface area contributed by atoms with Gasteiger partial charge in [-0.1, -0.05) is 23.1 Å². The molecule has 0 spiro atoms. The van der Waals surface area contributed by atoms with Crippen molar-refractivity contribution in [2.75, 3.05) is 11.5 Å². The number of aliphatic carboxylic acids is 1. The maximum atomic E-state index is 13.3. The molecule has 198 valence electrons. The van der Waals surface area contributed by atoms with E-state index in [4.69, 9.17) is 0 Å². The quantitative estimate of drug-likeness (QED) is 0.330. The van der Waals surface area contributed by atoms with Gasteiger partial charge in [-0.25, -0.2) is 4.79 Å². The Kier molecular flexibility index (Phi) is 7.08. The number of carboxylic acid groups (broad SMARTS) is 1. The third kappa shape index (κ3) is 5.14. The van der Waals surface area contributed by atoms with Crippen LogP contribution in [-0.2, 0) is 27.1 Å². The van der Waals surface area contributed by atoms with E-state index >= 15 is 0 Å². The molecule has 37 heavy (non-hydrogen) atoms. The number of hydrogen-bond donors (Lipinski definition) is 2. The van der Waals surface area contributed by atoms with Crippen molar-refractivity contribution in [3.05, 3.63) is 32.1 Å². The van der Waals surface area contributed by atoms with Crippen molar-refractivity contribution in [3.8, 4) is 0 Å². The van der Waals surface area contributed by atoms with Gasteiger partial charge in [-0.15, -0.1) is 22.0 Å². The zero-order valence-corrected chi connectivity index (χ0v) is 22.9. The van der Waals surface area contributed by atoms with Gasteiger partial charge in [0.15, 0.2) is 10.0 Å². The number of aromatic nitrogens is 4. The first-order chi connectivity index (χ1) is 17.5. The standard InChI is InChI=1S/C20H18BrF3N6O4S3/c1-7-26-27-19(37-7)36-6-9-5-35-17-12(16(32)30(17)14(9)18(33)34)25-10(31)4-29-13(8-2-3-8)11(21)15(28-29)20(22,23)24/h8,12,17H,2-6H2,1H3,(H,25,31)(H,33,34)/t12-,17+/m1/s1. The number of aryl methyl sites for hydroxylation is 1. The van der Waals surface area contributed by atoms with Gasteiger partial charge >= 0.3 is 12.1 Å². The van der Waals surface area contributed by atoms with Crippen LogP contribution in [0.15, 0.2) is 20.1 Å². The number of nitrogens with zero attached hydrogens (tertiary/aromatic N) is 5. The molecular formula is C20H18BrF3N6O4S3. The Balaban J connectivity index is 1.28. The smallest absolute Gasteiger partial charge is 0.436 e. The topological polar surface area (TPSA) is 130 Å². The number of alkyl halides is 3. The Morgan fingerprint density at radius 1 is 1.30 bits per heavy atom. The van der Waals surface area contributed by atoms with Gasteiger partial charge in [-0.05, 0) is 41.3 Å². The van der Waals surface area contributed by atoms with Gasteiger partial charge in [0.05, 0.1) is 10.2 Å². The van der Waals surface area contributed by atoms with E-state index in [2.05, 4.69) is 36.5 Å². The summed E-state index contributed by atoms with van der Waals surface area (Å²) in [7, 11) is 0. The summed E-state index contributed by atoms with van der Waals surface area (Å²) >= 11 is 7.02. The molecule has 2 aromatic heterocycles. The maximum Gasteiger partial charge on any atom is 0.436 e. The SMILES string of the molecule is Cc1nnc(SCC2=C(C(=O)O)N3C(=O)[C@@H](NC(=O)Cn4nc(C(F)(F)F)c(Br)c4C4CC4)[C@@H]3SC2)s1. The normalized spacial score (nSPS) is 21.6. The lowest BCUT2D eigenvalue weighted by molar-refractivity contribution is -0.150. The molecule has 0 unspecified atom stereocenters. The minimum absolute atomic E-state index is 0.116. The predicted octanol–water partition coefficient (Wildman–Crippen LogP) is 3.23. The van der Waals surface area contributed by atoms with Crippen molar-refractivity contribution < 1.29 is 32.7 Å². The molecule has 2 fully saturated rings. The zero-order chi connectivity index (χ0) is 26.6. The molecule has 2 atom stereocenters. The van der Waals surface area contributed by atoms with Gasteiger partial charge in [-0.2, -0.15) is 18.3 Å². The minimum atomic E-state index is -4.68. The molecule has 0 radical (unpaired) electrons. The third-order valence-electron chi connectivity index (χ3n) is 5.90. The lowest BCUT2D eigenvalue weighted by atomic mass is 10.0. The predicted molar refractivity (Wildman–Crippen MR) is 132 cm³/mol. The summed E-state index contributed by atoms with van der Waals surface area (Å²) < 4.78 is 41.6. The number of carbonyl (C=O) groups is 3. The van der Waals surface area contributed by atoms with Crippen LogP contribution in [0.2, 0.25) is 0 Å². The molecule has 5 rings (SSSR count). The van der Waals surface area contributed by atoms with E-state index in [-0.39, 0.29) is 16.1 Å². The van der Waals surface area contributed by atoms with Crippen LogP contribution in [0, 0.1) is 6.92 Å². The average molecular weight is 640 g/mol. The number of carboxylic acids is 1. The number of thioether (sulfide) groups is 2. The summed E-state index contributed by atoms with van der Waals surface area (Å²) in [5, 5.41) is 24.1. The number of amides is 2. The second-order valence-electron chi connectivity index (χ2n) is 8.57. The Labute approximate surface area is 228 Å². The van der Waals surface area contributed by atoms with Crippen LogP contribution in [0.1, 0.15) is 35.2 Å². The second-order valence-corrected chi connectivity index (χ2v) is 12.9. The van der Waals surface area contributed by atoms with Crippen LogP contribution in [0.25, 0.3) is 0 Å². The molecular weight excluding hydrogens is 621 g/mol. The van der Waals surface area contributed by atoms with E-state index in [9.17, 15) is 32.7 Å². The second kappa shape index (κ2) is 9.89. The van der Waals surface area contributed by atoms with E-state index in [1.807, 2.05) is 6.92 Å². The zero-order valence-electron chi connectivity index (χ0n) is 18.9. The van der Waals surface area contributed by atoms with Crippen LogP contribution in [0.5, 0.6) is 0 Å². The first kappa shape index (κ1) is 26.5. The van der Waals surface area contributed by atoms with Gasteiger partial charge in [0.2, 0.25) is 5.91 Å². The Bertz CT molecular complexity index is 1320. The van der Waals surface area contributed by atoms with Crippen molar-refractivity contribution in [1.82, 2.24) is 30.2 Å². The molecule has 1 saturated carbocycles. The third-order valence-corrected chi connectivity index (χ3v) is 10.1. The average Bonchev–Trinajstić information content (AvgIpc) is 3.48. The van der Waals surface area contributed by atoms with Gasteiger partial charge in [-0.3, -0.25) is 19.2 Å². The molecule has 10 nitrogen and oxygen atoms in total. The van der Waals surface area contributed by atoms with Gasteiger partial charge in [0.1, 0.15) is 28.7 Å². The molecule has 2 aromatic rings. The molecule has 2 N–H and O–H groups in total. The Hall–Kier alpha value is -2.11. The van der Waals surface area contributed by atoms with Crippen molar-refractivity contribution in [2.24, 2.45) is 0 Å². The first-order valence-corrected chi connectivity index (χ1v) is 14.6.